The lowest BCUT2D eigenvalue weighted by atomic mass is 10.1. The van der Waals surface area contributed by atoms with Gasteiger partial charge in [-0.25, -0.2) is 0 Å². The molecule has 3 aromatic rings. The first-order valence-corrected chi connectivity index (χ1v) is 7.47. The lowest BCUT2D eigenvalue weighted by molar-refractivity contribution is 0.422. The molecule has 0 amide bonds. The number of rotatable bonds is 5. The second-order valence-corrected chi connectivity index (χ2v) is 6.26. The molecule has 0 bridgehead atoms. The Balaban J connectivity index is 1.87. The quantitative estimate of drug-likeness (QED) is 0.744. The van der Waals surface area contributed by atoms with Crippen molar-refractivity contribution in [3.05, 3.63) is 63.5 Å². The number of hydrogen-bond donors (Lipinski definition) is 2. The summed E-state index contributed by atoms with van der Waals surface area (Å²) in [5, 5.41) is 10.4. The minimum atomic E-state index is -0.0209. The molecule has 0 fully saturated rings. The summed E-state index contributed by atoms with van der Waals surface area (Å²) in [4.78, 5) is 1.13. The number of nitrogens with zero attached hydrogens (tertiary/aromatic N) is 1. The van der Waals surface area contributed by atoms with Gasteiger partial charge in [0.2, 0.25) is 0 Å². The van der Waals surface area contributed by atoms with Crippen molar-refractivity contribution >= 4 is 22.9 Å². The molecular formula is C14H14ClN3OS. The number of aromatic nitrogens is 2. The Labute approximate surface area is 125 Å². The number of H-pyrrole nitrogens is 1. The average Bonchev–Trinajstić information content (AvgIpc) is 3.17. The van der Waals surface area contributed by atoms with Crippen LogP contribution in [0.4, 0.5) is 0 Å². The molecule has 2 N–H and O–H groups in total. The molecule has 0 radical (unpaired) electrons. The van der Waals surface area contributed by atoms with E-state index in [1.165, 1.54) is 0 Å². The van der Waals surface area contributed by atoms with Gasteiger partial charge in [0.15, 0.2) is 0 Å². The van der Waals surface area contributed by atoms with Crippen LogP contribution in [-0.2, 0) is 0 Å². The van der Waals surface area contributed by atoms with E-state index in [2.05, 4.69) is 22.4 Å². The Kier molecular flexibility index (Phi) is 3.91. The predicted molar refractivity (Wildman–Crippen MR) is 80.0 cm³/mol. The molecule has 2 atom stereocenters. The highest BCUT2D eigenvalue weighted by molar-refractivity contribution is 7.16. The lowest BCUT2D eigenvalue weighted by Gasteiger charge is -2.20. The summed E-state index contributed by atoms with van der Waals surface area (Å²) in [5.41, 5.74) is 1.10. The molecule has 0 saturated carbocycles. The normalized spacial score (nSPS) is 14.3. The van der Waals surface area contributed by atoms with Crippen LogP contribution in [0.5, 0.6) is 0 Å². The minimum Gasteiger partial charge on any atom is -0.467 e. The monoisotopic (exact) mass is 307 g/mol. The maximum absolute atomic E-state index is 6.05. The molecule has 0 aliphatic rings. The van der Waals surface area contributed by atoms with Crippen molar-refractivity contribution in [2.24, 2.45) is 0 Å². The standard InChI is InChI=1S/C14H14ClN3OS/c1-9(10-7-16-17-8-10)18-14(11-3-2-6-19-11)12-4-5-13(15)20-12/h2-9,14,18H,1H3,(H,16,17). The summed E-state index contributed by atoms with van der Waals surface area (Å²) >= 11 is 7.60. The van der Waals surface area contributed by atoms with Crippen molar-refractivity contribution in [3.63, 3.8) is 0 Å². The van der Waals surface area contributed by atoms with E-state index in [0.29, 0.717) is 0 Å². The lowest BCUT2D eigenvalue weighted by Crippen LogP contribution is -2.24. The summed E-state index contributed by atoms with van der Waals surface area (Å²) in [5.74, 6) is 0.874. The first kappa shape index (κ1) is 13.4. The van der Waals surface area contributed by atoms with Gasteiger partial charge in [0.1, 0.15) is 11.8 Å². The largest absolute Gasteiger partial charge is 0.467 e. The molecule has 0 aliphatic carbocycles. The zero-order valence-electron chi connectivity index (χ0n) is 10.8. The molecule has 0 aromatic carbocycles. The van der Waals surface area contributed by atoms with Gasteiger partial charge in [0.05, 0.1) is 16.8 Å². The van der Waals surface area contributed by atoms with Crippen LogP contribution in [0, 0.1) is 0 Å². The number of aromatic amines is 1. The summed E-state index contributed by atoms with van der Waals surface area (Å²) in [6.07, 6.45) is 5.39. The molecule has 0 spiro atoms. The molecule has 3 rings (SSSR count). The van der Waals surface area contributed by atoms with E-state index < -0.39 is 0 Å². The van der Waals surface area contributed by atoms with Crippen LogP contribution in [0.3, 0.4) is 0 Å². The van der Waals surface area contributed by atoms with Crippen LogP contribution in [-0.4, -0.2) is 10.2 Å². The Bertz CT molecular complexity index is 648. The second-order valence-electron chi connectivity index (χ2n) is 4.51. The Morgan fingerprint density at radius 1 is 1.40 bits per heavy atom. The highest BCUT2D eigenvalue weighted by Crippen LogP contribution is 2.33. The third-order valence-electron chi connectivity index (χ3n) is 3.14. The zero-order valence-corrected chi connectivity index (χ0v) is 12.4. The molecular weight excluding hydrogens is 294 g/mol. The highest BCUT2D eigenvalue weighted by atomic mass is 35.5. The topological polar surface area (TPSA) is 53.9 Å². The van der Waals surface area contributed by atoms with Crippen molar-refractivity contribution in [2.45, 2.75) is 19.0 Å². The zero-order chi connectivity index (χ0) is 13.9. The van der Waals surface area contributed by atoms with Crippen LogP contribution in [0.15, 0.2) is 47.3 Å². The summed E-state index contributed by atoms with van der Waals surface area (Å²) in [7, 11) is 0. The van der Waals surface area contributed by atoms with Gasteiger partial charge in [-0.1, -0.05) is 11.6 Å². The van der Waals surface area contributed by atoms with E-state index in [-0.39, 0.29) is 12.1 Å². The van der Waals surface area contributed by atoms with Gasteiger partial charge in [-0.15, -0.1) is 11.3 Å². The van der Waals surface area contributed by atoms with Crippen LogP contribution in [0.1, 0.15) is 35.2 Å². The average molecular weight is 308 g/mol. The Hall–Kier alpha value is -1.56. The molecule has 4 nitrogen and oxygen atoms in total. The first-order chi connectivity index (χ1) is 9.74. The third-order valence-corrected chi connectivity index (χ3v) is 4.44. The van der Waals surface area contributed by atoms with Crippen molar-refractivity contribution in [1.82, 2.24) is 15.5 Å². The van der Waals surface area contributed by atoms with Gasteiger partial charge in [0, 0.05) is 22.7 Å². The van der Waals surface area contributed by atoms with E-state index in [0.717, 1.165) is 20.5 Å². The highest BCUT2D eigenvalue weighted by Gasteiger charge is 2.21. The van der Waals surface area contributed by atoms with E-state index in [9.17, 15) is 0 Å². The molecule has 0 aliphatic heterocycles. The summed E-state index contributed by atoms with van der Waals surface area (Å²) in [6.45, 7) is 2.09. The summed E-state index contributed by atoms with van der Waals surface area (Å²) < 4.78 is 6.33. The molecule has 6 heteroatoms. The van der Waals surface area contributed by atoms with Gasteiger partial charge in [-0.2, -0.15) is 5.10 Å². The molecule has 3 heterocycles. The predicted octanol–water partition coefficient (Wildman–Crippen LogP) is 4.16. The van der Waals surface area contributed by atoms with Gasteiger partial charge in [0.25, 0.3) is 0 Å². The molecule has 3 aromatic heterocycles. The SMILES string of the molecule is CC(NC(c1ccco1)c1ccc(Cl)s1)c1cn[nH]c1. The molecule has 0 saturated heterocycles. The second kappa shape index (κ2) is 5.83. The number of halogens is 1. The van der Waals surface area contributed by atoms with Gasteiger partial charge < -0.3 is 4.42 Å². The summed E-state index contributed by atoms with van der Waals surface area (Å²) in [6, 6.07) is 7.91. The van der Waals surface area contributed by atoms with Crippen LogP contribution >= 0.6 is 22.9 Å². The van der Waals surface area contributed by atoms with Crippen molar-refractivity contribution in [2.75, 3.05) is 0 Å². The van der Waals surface area contributed by atoms with Crippen molar-refractivity contribution in [3.8, 4) is 0 Å². The van der Waals surface area contributed by atoms with Crippen molar-refractivity contribution < 1.29 is 4.42 Å². The van der Waals surface area contributed by atoms with Crippen molar-refractivity contribution in [1.29, 1.82) is 0 Å². The fourth-order valence-corrected chi connectivity index (χ4v) is 3.22. The maximum Gasteiger partial charge on any atom is 0.126 e. The third kappa shape index (κ3) is 2.80. The number of furan rings is 1. The van der Waals surface area contributed by atoms with Gasteiger partial charge >= 0.3 is 0 Å². The first-order valence-electron chi connectivity index (χ1n) is 6.27. The van der Waals surface area contributed by atoms with Gasteiger partial charge in [-0.3, -0.25) is 10.4 Å². The molecule has 20 heavy (non-hydrogen) atoms. The fraction of sp³-hybridized carbons (Fsp3) is 0.214. The molecule has 2 unspecified atom stereocenters. The fourth-order valence-electron chi connectivity index (χ4n) is 2.09. The maximum atomic E-state index is 6.05. The van der Waals surface area contributed by atoms with E-state index in [1.54, 1.807) is 17.6 Å². The van der Waals surface area contributed by atoms with E-state index in [1.807, 2.05) is 36.7 Å². The van der Waals surface area contributed by atoms with Gasteiger partial charge in [-0.05, 0) is 31.2 Å². The number of hydrogen-bond acceptors (Lipinski definition) is 4. The number of thiophene rings is 1. The van der Waals surface area contributed by atoms with Crippen LogP contribution < -0.4 is 5.32 Å². The van der Waals surface area contributed by atoms with E-state index in [4.69, 9.17) is 16.0 Å². The molecule has 104 valence electrons. The van der Waals surface area contributed by atoms with E-state index >= 15 is 0 Å². The van der Waals surface area contributed by atoms with Crippen LogP contribution in [0.2, 0.25) is 4.34 Å². The smallest absolute Gasteiger partial charge is 0.126 e. The Morgan fingerprint density at radius 2 is 2.30 bits per heavy atom. The minimum absolute atomic E-state index is 0.0209. The van der Waals surface area contributed by atoms with Crippen LogP contribution in [0.25, 0.3) is 0 Å². The Morgan fingerprint density at radius 3 is 2.90 bits per heavy atom. The number of nitrogens with one attached hydrogen (secondary N) is 2.